The zero-order valence-corrected chi connectivity index (χ0v) is 11.9. The highest BCUT2D eigenvalue weighted by molar-refractivity contribution is 7.09. The number of nitrogens with one attached hydrogen (secondary N) is 1. The van der Waals surface area contributed by atoms with Gasteiger partial charge in [-0.15, -0.1) is 11.3 Å². The predicted molar refractivity (Wildman–Crippen MR) is 72.8 cm³/mol. The first-order chi connectivity index (χ1) is 9.47. The second-order valence-corrected chi connectivity index (χ2v) is 5.68. The third kappa shape index (κ3) is 3.45. The lowest BCUT2D eigenvalue weighted by Crippen LogP contribution is -2.47. The molecule has 0 radical (unpaired) electrons. The molecule has 1 fully saturated rings. The van der Waals surface area contributed by atoms with Crippen LogP contribution in [0.3, 0.4) is 0 Å². The Morgan fingerprint density at radius 2 is 2.35 bits per heavy atom. The molecule has 20 heavy (non-hydrogen) atoms. The molecule has 2 unspecified atom stereocenters. The van der Waals surface area contributed by atoms with E-state index in [9.17, 15) is 14.7 Å². The molecule has 2 amide bonds. The van der Waals surface area contributed by atoms with E-state index in [-0.39, 0.29) is 17.8 Å². The third-order valence-corrected chi connectivity index (χ3v) is 4.16. The topological polar surface area (TPSA) is 103 Å². The fraction of sp³-hybridized carbons (Fsp3) is 0.583. The maximum Gasteiger partial charge on any atom is 0.355 e. The molecular formula is C12H17N3O4S. The number of carbonyl (C=O) groups is 2. The van der Waals surface area contributed by atoms with E-state index >= 15 is 0 Å². The van der Waals surface area contributed by atoms with Crippen LogP contribution in [-0.2, 0) is 0 Å². The molecule has 8 heteroatoms. The molecule has 7 nitrogen and oxygen atoms in total. The first-order valence-corrected chi connectivity index (χ1v) is 7.27. The van der Waals surface area contributed by atoms with Crippen LogP contribution in [0, 0.1) is 0 Å². The van der Waals surface area contributed by atoms with Gasteiger partial charge in [0.2, 0.25) is 0 Å². The Kier molecular flexibility index (Phi) is 4.56. The van der Waals surface area contributed by atoms with Crippen LogP contribution < -0.4 is 5.32 Å². The number of thiazole rings is 1. The van der Waals surface area contributed by atoms with Crippen molar-refractivity contribution in [1.82, 2.24) is 15.2 Å². The highest BCUT2D eigenvalue weighted by Crippen LogP contribution is 2.19. The van der Waals surface area contributed by atoms with Crippen LogP contribution in [0.1, 0.15) is 41.3 Å². The summed E-state index contributed by atoms with van der Waals surface area (Å²) in [5.74, 6) is -1.08. The fourth-order valence-corrected chi connectivity index (χ4v) is 2.86. The molecule has 1 aromatic rings. The van der Waals surface area contributed by atoms with Crippen molar-refractivity contribution in [3.63, 3.8) is 0 Å². The highest BCUT2D eigenvalue weighted by Gasteiger charge is 2.24. The Morgan fingerprint density at radius 1 is 1.60 bits per heavy atom. The molecule has 3 N–H and O–H groups in total. The molecule has 0 aromatic carbocycles. The van der Waals surface area contributed by atoms with Crippen LogP contribution in [0.5, 0.6) is 0 Å². The average molecular weight is 299 g/mol. The molecule has 0 aliphatic carbocycles. The summed E-state index contributed by atoms with van der Waals surface area (Å²) in [5.41, 5.74) is -0.0144. The van der Waals surface area contributed by atoms with Crippen molar-refractivity contribution in [2.45, 2.75) is 31.9 Å². The summed E-state index contributed by atoms with van der Waals surface area (Å²) in [5, 5.41) is 23.1. The number of carbonyl (C=O) groups excluding carboxylic acids is 1. The van der Waals surface area contributed by atoms with E-state index in [0.717, 1.165) is 6.42 Å². The van der Waals surface area contributed by atoms with Crippen molar-refractivity contribution in [3.05, 3.63) is 16.1 Å². The normalized spacial score (nSPS) is 20.5. The molecule has 0 bridgehead atoms. The molecule has 1 aliphatic rings. The van der Waals surface area contributed by atoms with Gasteiger partial charge in [0, 0.05) is 18.5 Å². The number of aromatic carboxylic acids is 1. The van der Waals surface area contributed by atoms with E-state index in [1.807, 2.05) is 0 Å². The van der Waals surface area contributed by atoms with Crippen LogP contribution in [0.2, 0.25) is 0 Å². The Bertz CT molecular complexity index is 505. The van der Waals surface area contributed by atoms with Gasteiger partial charge in [0.05, 0.1) is 12.1 Å². The number of hydrogen-bond donors (Lipinski definition) is 3. The molecule has 2 rings (SSSR count). The molecule has 2 heterocycles. The molecule has 1 aromatic heterocycles. The van der Waals surface area contributed by atoms with Gasteiger partial charge < -0.3 is 20.4 Å². The third-order valence-electron chi connectivity index (χ3n) is 3.14. The van der Waals surface area contributed by atoms with Gasteiger partial charge in [-0.25, -0.2) is 14.6 Å². The predicted octanol–water partition coefficient (Wildman–Crippen LogP) is 1.07. The van der Waals surface area contributed by atoms with E-state index in [1.54, 1.807) is 11.8 Å². The van der Waals surface area contributed by atoms with Crippen molar-refractivity contribution in [2.75, 3.05) is 13.1 Å². The largest absolute Gasteiger partial charge is 0.476 e. The van der Waals surface area contributed by atoms with Crippen molar-refractivity contribution in [1.29, 1.82) is 0 Å². The lowest BCUT2D eigenvalue weighted by molar-refractivity contribution is 0.0691. The first kappa shape index (κ1) is 14.7. The van der Waals surface area contributed by atoms with E-state index in [0.29, 0.717) is 24.5 Å². The average Bonchev–Trinajstić information content (AvgIpc) is 2.88. The zero-order valence-electron chi connectivity index (χ0n) is 11.1. The van der Waals surface area contributed by atoms with Crippen molar-refractivity contribution >= 4 is 23.3 Å². The number of likely N-dealkylation sites (tertiary alicyclic amines) is 1. The number of rotatable bonds is 3. The maximum atomic E-state index is 12.0. The second-order valence-electron chi connectivity index (χ2n) is 4.79. The highest BCUT2D eigenvalue weighted by atomic mass is 32.1. The first-order valence-electron chi connectivity index (χ1n) is 6.39. The van der Waals surface area contributed by atoms with Crippen LogP contribution in [0.4, 0.5) is 4.79 Å². The number of hydrogen-bond acceptors (Lipinski definition) is 5. The summed E-state index contributed by atoms with van der Waals surface area (Å²) in [4.78, 5) is 28.3. The van der Waals surface area contributed by atoms with Gasteiger partial charge in [0.1, 0.15) is 5.01 Å². The molecule has 110 valence electrons. The SMILES string of the molecule is CC(NC(=O)N1CCCC(O)C1)c1nc(C(=O)O)cs1. The number of carboxylic acid groups (broad SMARTS) is 1. The number of piperidine rings is 1. The minimum absolute atomic E-state index is 0.0144. The van der Waals surface area contributed by atoms with E-state index < -0.39 is 12.1 Å². The number of aliphatic hydroxyl groups excluding tert-OH is 1. The molecule has 1 saturated heterocycles. The Balaban J connectivity index is 1.94. The van der Waals surface area contributed by atoms with Crippen LogP contribution >= 0.6 is 11.3 Å². The van der Waals surface area contributed by atoms with Crippen molar-refractivity contribution in [2.24, 2.45) is 0 Å². The van der Waals surface area contributed by atoms with E-state index in [2.05, 4.69) is 10.3 Å². The number of aliphatic hydroxyl groups is 1. The summed E-state index contributed by atoms with van der Waals surface area (Å²) in [7, 11) is 0. The number of β-amino-alcohol motifs (C(OH)–C–C–N with tert-alkyl or cyclic N) is 1. The Morgan fingerprint density at radius 3 is 2.95 bits per heavy atom. The quantitative estimate of drug-likeness (QED) is 0.774. The number of aromatic nitrogens is 1. The monoisotopic (exact) mass is 299 g/mol. The summed E-state index contributed by atoms with van der Waals surface area (Å²) >= 11 is 1.20. The number of urea groups is 1. The van der Waals surface area contributed by atoms with Crippen molar-refractivity contribution < 1.29 is 19.8 Å². The van der Waals surface area contributed by atoms with E-state index in [1.165, 1.54) is 16.7 Å². The van der Waals surface area contributed by atoms with Crippen LogP contribution in [-0.4, -0.2) is 51.3 Å². The second kappa shape index (κ2) is 6.19. The van der Waals surface area contributed by atoms with Crippen molar-refractivity contribution in [3.8, 4) is 0 Å². The fourth-order valence-electron chi connectivity index (χ4n) is 2.06. The van der Waals surface area contributed by atoms with Crippen LogP contribution in [0.25, 0.3) is 0 Å². The summed E-state index contributed by atoms with van der Waals surface area (Å²) in [6.45, 7) is 2.70. The Hall–Kier alpha value is -1.67. The molecule has 0 spiro atoms. The minimum Gasteiger partial charge on any atom is -0.476 e. The zero-order chi connectivity index (χ0) is 14.7. The molecular weight excluding hydrogens is 282 g/mol. The lowest BCUT2D eigenvalue weighted by Gasteiger charge is -2.30. The summed E-state index contributed by atoms with van der Waals surface area (Å²) in [6.07, 6.45) is 1.03. The standard InChI is InChI=1S/C12H17N3O4S/c1-7(10-14-9(6-20-10)11(17)18)13-12(19)15-4-2-3-8(16)5-15/h6-8,16H,2-5H2,1H3,(H,13,19)(H,17,18). The van der Waals surface area contributed by atoms with Crippen LogP contribution in [0.15, 0.2) is 5.38 Å². The number of nitrogens with zero attached hydrogens (tertiary/aromatic N) is 2. The Labute approximate surface area is 120 Å². The van der Waals surface area contributed by atoms with Gasteiger partial charge >= 0.3 is 12.0 Å². The molecule has 1 aliphatic heterocycles. The number of amides is 2. The van der Waals surface area contributed by atoms with Gasteiger partial charge in [0.15, 0.2) is 5.69 Å². The smallest absolute Gasteiger partial charge is 0.355 e. The van der Waals surface area contributed by atoms with Gasteiger partial charge in [0.25, 0.3) is 0 Å². The summed E-state index contributed by atoms with van der Waals surface area (Å²) in [6, 6.07) is -0.622. The van der Waals surface area contributed by atoms with Gasteiger partial charge in [-0.3, -0.25) is 0 Å². The molecule has 2 atom stereocenters. The van der Waals surface area contributed by atoms with Gasteiger partial charge in [-0.05, 0) is 19.8 Å². The lowest BCUT2D eigenvalue weighted by atomic mass is 10.1. The van der Waals surface area contributed by atoms with E-state index in [4.69, 9.17) is 5.11 Å². The minimum atomic E-state index is -1.08. The van der Waals surface area contributed by atoms with Gasteiger partial charge in [-0.2, -0.15) is 0 Å². The van der Waals surface area contributed by atoms with Gasteiger partial charge in [-0.1, -0.05) is 0 Å². The summed E-state index contributed by atoms with van der Waals surface area (Å²) < 4.78 is 0. The molecule has 0 saturated carbocycles. The number of carboxylic acids is 1. The maximum absolute atomic E-state index is 12.0.